The predicted octanol–water partition coefficient (Wildman–Crippen LogP) is 3.39. The Bertz CT molecular complexity index is 851. The maximum absolute atomic E-state index is 12.0. The minimum absolute atomic E-state index is 0.00275. The molecule has 0 aliphatic carbocycles. The third-order valence-electron chi connectivity index (χ3n) is 3.04. The van der Waals surface area contributed by atoms with E-state index < -0.39 is 28.6 Å². The molecule has 0 bridgehead atoms. The van der Waals surface area contributed by atoms with Crippen molar-refractivity contribution in [2.24, 2.45) is 0 Å². The summed E-state index contributed by atoms with van der Waals surface area (Å²) in [6.07, 6.45) is 0. The van der Waals surface area contributed by atoms with Gasteiger partial charge in [0, 0.05) is 10.0 Å². The van der Waals surface area contributed by atoms with Crippen molar-refractivity contribution >= 4 is 44.4 Å². The minimum Gasteiger partial charge on any atom is -0.505 e. The zero-order valence-electron chi connectivity index (χ0n) is 12.1. The van der Waals surface area contributed by atoms with Gasteiger partial charge in [-0.05, 0) is 40.2 Å². The Morgan fingerprint density at radius 2 is 1.88 bits per heavy atom. The molecular weight excluding hydrogens is 398 g/mol. The van der Waals surface area contributed by atoms with E-state index in [-0.39, 0.29) is 16.8 Å². The molecule has 2 rings (SSSR count). The van der Waals surface area contributed by atoms with Crippen molar-refractivity contribution in [2.45, 2.75) is 5.75 Å². The normalized spacial score (nSPS) is 11.4. The number of halogens is 1. The number of phenolic OH excluding ortho intramolecular Hbond substituents is 1. The molecule has 9 heteroatoms. The van der Waals surface area contributed by atoms with Crippen LogP contribution in [0.25, 0.3) is 0 Å². The number of benzene rings is 2. The number of nitriles is 1. The number of nitrogens with one attached hydrogen (secondary N) is 2. The van der Waals surface area contributed by atoms with Crippen molar-refractivity contribution < 1.29 is 18.7 Å². The smallest absolute Gasteiger partial charge is 0.323 e. The number of nitrogens with zero attached hydrogens (tertiary/aromatic N) is 1. The topological polar surface area (TPSA) is 122 Å². The lowest BCUT2D eigenvalue weighted by atomic mass is 10.1. The number of hydrogen-bond acceptors (Lipinski definition) is 4. The van der Waals surface area contributed by atoms with E-state index in [0.717, 1.165) is 0 Å². The van der Waals surface area contributed by atoms with E-state index in [2.05, 4.69) is 26.6 Å². The van der Waals surface area contributed by atoms with Crippen LogP contribution >= 0.6 is 15.9 Å². The first-order valence-electron chi connectivity index (χ1n) is 6.57. The van der Waals surface area contributed by atoms with Crippen LogP contribution in [0.2, 0.25) is 0 Å². The van der Waals surface area contributed by atoms with E-state index in [1.807, 2.05) is 6.07 Å². The maximum Gasteiger partial charge on any atom is 0.323 e. The summed E-state index contributed by atoms with van der Waals surface area (Å²) in [6, 6.07) is 10.9. The number of phenols is 1. The number of carbonyl (C=O) groups is 1. The van der Waals surface area contributed by atoms with E-state index in [4.69, 9.17) is 9.81 Å². The Labute approximate surface area is 148 Å². The molecule has 0 spiro atoms. The van der Waals surface area contributed by atoms with Crippen molar-refractivity contribution in [1.29, 1.82) is 5.26 Å². The molecule has 0 aliphatic rings. The lowest BCUT2D eigenvalue weighted by molar-refractivity contribution is 0.262. The number of amides is 2. The van der Waals surface area contributed by atoms with Gasteiger partial charge >= 0.3 is 6.03 Å². The highest BCUT2D eigenvalue weighted by Crippen LogP contribution is 2.31. The van der Waals surface area contributed by atoms with Crippen molar-refractivity contribution in [1.82, 2.24) is 0 Å². The number of rotatable bonds is 4. The van der Waals surface area contributed by atoms with Gasteiger partial charge in [-0.1, -0.05) is 12.1 Å². The van der Waals surface area contributed by atoms with E-state index in [1.165, 1.54) is 12.1 Å². The van der Waals surface area contributed by atoms with Crippen LogP contribution in [0.3, 0.4) is 0 Å². The molecular formula is C15H12BrN3O4S. The zero-order valence-corrected chi connectivity index (χ0v) is 14.5. The maximum atomic E-state index is 12.0. The van der Waals surface area contributed by atoms with Crippen LogP contribution in [-0.2, 0) is 16.8 Å². The molecule has 0 aliphatic heterocycles. The molecule has 2 aromatic carbocycles. The molecule has 0 fully saturated rings. The van der Waals surface area contributed by atoms with Crippen molar-refractivity contribution in [3.63, 3.8) is 0 Å². The molecule has 0 heterocycles. The summed E-state index contributed by atoms with van der Waals surface area (Å²) in [6.45, 7) is 0. The molecule has 7 nitrogen and oxygen atoms in total. The van der Waals surface area contributed by atoms with Gasteiger partial charge < -0.3 is 20.3 Å². The second-order valence-electron chi connectivity index (χ2n) is 4.62. The molecule has 124 valence electrons. The van der Waals surface area contributed by atoms with Gasteiger partial charge in [0.1, 0.15) is 5.75 Å². The van der Waals surface area contributed by atoms with Crippen molar-refractivity contribution in [3.05, 3.63) is 52.0 Å². The fourth-order valence-corrected chi connectivity index (χ4v) is 2.87. The highest BCUT2D eigenvalue weighted by Gasteiger charge is 2.16. The van der Waals surface area contributed by atoms with Gasteiger partial charge in [-0.3, -0.25) is 0 Å². The molecule has 0 aromatic heterocycles. The van der Waals surface area contributed by atoms with Crippen LogP contribution in [-0.4, -0.2) is 19.9 Å². The average molecular weight is 410 g/mol. The predicted molar refractivity (Wildman–Crippen MR) is 94.1 cm³/mol. The van der Waals surface area contributed by atoms with E-state index in [0.29, 0.717) is 10.2 Å². The van der Waals surface area contributed by atoms with E-state index >= 15 is 0 Å². The van der Waals surface area contributed by atoms with Crippen LogP contribution in [0.15, 0.2) is 40.9 Å². The van der Waals surface area contributed by atoms with Crippen LogP contribution in [0, 0.1) is 11.3 Å². The number of urea groups is 1. The highest BCUT2D eigenvalue weighted by atomic mass is 79.9. The second-order valence-corrected chi connectivity index (χ2v) is 6.41. The Morgan fingerprint density at radius 3 is 2.50 bits per heavy atom. The van der Waals surface area contributed by atoms with Gasteiger partial charge in [0.2, 0.25) is 0 Å². The summed E-state index contributed by atoms with van der Waals surface area (Å²) in [7, 11) is 0. The van der Waals surface area contributed by atoms with Gasteiger partial charge in [0.25, 0.3) is 0 Å². The van der Waals surface area contributed by atoms with Gasteiger partial charge in [0.15, 0.2) is 11.1 Å². The van der Waals surface area contributed by atoms with Gasteiger partial charge in [-0.15, -0.1) is 0 Å². The number of carbonyl (C=O) groups excluding carboxylic acids is 1. The molecule has 0 saturated heterocycles. The van der Waals surface area contributed by atoms with Crippen LogP contribution in [0.5, 0.6) is 5.75 Å². The lowest BCUT2D eigenvalue weighted by Crippen LogP contribution is -2.20. The monoisotopic (exact) mass is 409 g/mol. The standard InChI is InChI=1S/C15H12BrN3O4S/c16-11-3-1-2-4-12(11)18-15(21)19-13-6-5-9(7-17)10(14(13)20)8-24(22)23/h1-6,20H,8H2,(H,22,23)(H2,18,19,21). The number of hydrogen-bond donors (Lipinski definition) is 4. The molecule has 24 heavy (non-hydrogen) atoms. The largest absolute Gasteiger partial charge is 0.505 e. The molecule has 1 atom stereocenters. The first-order valence-corrected chi connectivity index (χ1v) is 8.64. The number of para-hydroxylation sites is 1. The first kappa shape index (κ1) is 17.9. The quantitative estimate of drug-likeness (QED) is 0.455. The van der Waals surface area contributed by atoms with Crippen molar-refractivity contribution in [2.75, 3.05) is 10.6 Å². The van der Waals surface area contributed by atoms with Crippen LogP contribution in [0.1, 0.15) is 11.1 Å². The SMILES string of the molecule is N#Cc1ccc(NC(=O)Nc2ccccc2Br)c(O)c1CS(=O)O. The lowest BCUT2D eigenvalue weighted by Gasteiger charge is -2.13. The zero-order chi connectivity index (χ0) is 17.7. The van der Waals surface area contributed by atoms with E-state index in [9.17, 15) is 14.1 Å². The number of anilines is 2. The highest BCUT2D eigenvalue weighted by molar-refractivity contribution is 9.10. The Morgan fingerprint density at radius 1 is 1.21 bits per heavy atom. The summed E-state index contributed by atoms with van der Waals surface area (Å²) in [5.74, 6) is -0.838. The fraction of sp³-hybridized carbons (Fsp3) is 0.0667. The summed E-state index contributed by atoms with van der Waals surface area (Å²) in [4.78, 5) is 12.0. The third-order valence-corrected chi connectivity index (χ3v) is 4.27. The number of aromatic hydroxyl groups is 1. The fourth-order valence-electron chi connectivity index (χ4n) is 1.95. The minimum atomic E-state index is -2.24. The van der Waals surface area contributed by atoms with E-state index in [1.54, 1.807) is 24.3 Å². The molecule has 4 N–H and O–H groups in total. The summed E-state index contributed by atoms with van der Waals surface area (Å²) in [5, 5.41) is 24.2. The summed E-state index contributed by atoms with van der Waals surface area (Å²) in [5.41, 5.74) is 0.613. The Hall–Kier alpha value is -2.41. The molecule has 2 aromatic rings. The molecule has 1 unspecified atom stereocenters. The summed E-state index contributed by atoms with van der Waals surface area (Å²) >= 11 is 1.05. The Balaban J connectivity index is 2.23. The third kappa shape index (κ3) is 4.32. The molecule has 0 radical (unpaired) electrons. The van der Waals surface area contributed by atoms with Crippen molar-refractivity contribution in [3.8, 4) is 11.8 Å². The van der Waals surface area contributed by atoms with Crippen LogP contribution in [0.4, 0.5) is 16.2 Å². The van der Waals surface area contributed by atoms with Gasteiger partial charge in [-0.2, -0.15) is 5.26 Å². The summed E-state index contributed by atoms with van der Waals surface area (Å²) < 4.78 is 20.7. The molecule has 0 saturated carbocycles. The first-order chi connectivity index (χ1) is 11.4. The average Bonchev–Trinajstić information content (AvgIpc) is 2.53. The van der Waals surface area contributed by atoms with Crippen LogP contribution < -0.4 is 10.6 Å². The van der Waals surface area contributed by atoms with Gasteiger partial charge in [-0.25, -0.2) is 9.00 Å². The Kier molecular flexibility index (Phi) is 5.92. The molecule has 2 amide bonds. The second kappa shape index (κ2) is 7.92. The van der Waals surface area contributed by atoms with Gasteiger partial charge in [0.05, 0.1) is 28.8 Å².